The summed E-state index contributed by atoms with van der Waals surface area (Å²) in [6, 6.07) is 8.50. The molecule has 0 spiro atoms. The highest BCUT2D eigenvalue weighted by Gasteiger charge is 2.30. The lowest BCUT2D eigenvalue weighted by Gasteiger charge is -2.38. The van der Waals surface area contributed by atoms with Crippen LogP contribution in [0.4, 0.5) is 0 Å². The molecule has 3 rings (SSSR count). The minimum absolute atomic E-state index is 0.183. The van der Waals surface area contributed by atoms with Crippen LogP contribution in [0.1, 0.15) is 18.4 Å². The molecule has 0 aliphatic carbocycles. The predicted molar refractivity (Wildman–Crippen MR) is 96.2 cm³/mol. The highest BCUT2D eigenvalue weighted by Crippen LogP contribution is 2.22. The third-order valence-corrected chi connectivity index (χ3v) is 5.52. The summed E-state index contributed by atoms with van der Waals surface area (Å²) in [4.78, 5) is 19.6. The number of likely N-dealkylation sites (tertiary alicyclic amines) is 1. The Kier molecular flexibility index (Phi) is 5.72. The Morgan fingerprint density at radius 1 is 1.13 bits per heavy atom. The first-order valence-corrected chi connectivity index (χ1v) is 9.35. The molecule has 1 amide bonds. The SMILES string of the molecule is CN1CCN(C(=O)C2CCCN(Cc3ccc(Br)cc3)C2)CC1. The number of benzene rings is 1. The number of amides is 1. The van der Waals surface area contributed by atoms with Crippen LogP contribution in [-0.2, 0) is 11.3 Å². The summed E-state index contributed by atoms with van der Waals surface area (Å²) < 4.78 is 1.11. The van der Waals surface area contributed by atoms with E-state index in [4.69, 9.17) is 0 Å². The van der Waals surface area contributed by atoms with Crippen LogP contribution in [0.3, 0.4) is 0 Å². The van der Waals surface area contributed by atoms with Crippen LogP contribution >= 0.6 is 15.9 Å². The van der Waals surface area contributed by atoms with Crippen LogP contribution in [0.2, 0.25) is 0 Å². The minimum atomic E-state index is 0.183. The van der Waals surface area contributed by atoms with Crippen molar-refractivity contribution in [1.29, 1.82) is 0 Å². The molecule has 23 heavy (non-hydrogen) atoms. The highest BCUT2D eigenvalue weighted by molar-refractivity contribution is 9.10. The summed E-state index contributed by atoms with van der Waals surface area (Å²) in [5, 5.41) is 0. The zero-order valence-corrected chi connectivity index (χ0v) is 15.5. The number of hydrogen-bond acceptors (Lipinski definition) is 3. The van der Waals surface area contributed by atoms with Gasteiger partial charge in [0.2, 0.25) is 5.91 Å². The minimum Gasteiger partial charge on any atom is -0.340 e. The Balaban J connectivity index is 1.55. The van der Waals surface area contributed by atoms with Crippen molar-refractivity contribution < 1.29 is 4.79 Å². The van der Waals surface area contributed by atoms with Gasteiger partial charge in [0, 0.05) is 43.7 Å². The van der Waals surface area contributed by atoms with E-state index in [2.05, 4.69) is 61.9 Å². The zero-order valence-electron chi connectivity index (χ0n) is 13.9. The van der Waals surface area contributed by atoms with Crippen molar-refractivity contribution >= 4 is 21.8 Å². The van der Waals surface area contributed by atoms with Gasteiger partial charge < -0.3 is 9.80 Å². The normalized spacial score (nSPS) is 23.9. The Hall–Kier alpha value is -0.910. The van der Waals surface area contributed by atoms with Gasteiger partial charge in [-0.1, -0.05) is 28.1 Å². The average Bonchev–Trinajstić information content (AvgIpc) is 2.57. The molecule has 0 bridgehead atoms. The van der Waals surface area contributed by atoms with Crippen LogP contribution < -0.4 is 0 Å². The number of hydrogen-bond donors (Lipinski definition) is 0. The van der Waals surface area contributed by atoms with E-state index in [-0.39, 0.29) is 5.92 Å². The van der Waals surface area contributed by atoms with Gasteiger partial charge in [0.05, 0.1) is 5.92 Å². The van der Waals surface area contributed by atoms with Gasteiger partial charge in [0.1, 0.15) is 0 Å². The van der Waals surface area contributed by atoms with Crippen molar-refractivity contribution in [2.75, 3.05) is 46.3 Å². The van der Waals surface area contributed by atoms with Gasteiger partial charge >= 0.3 is 0 Å². The molecule has 2 saturated heterocycles. The lowest BCUT2D eigenvalue weighted by molar-refractivity contribution is -0.139. The molecule has 1 aromatic carbocycles. The van der Waals surface area contributed by atoms with E-state index < -0.39 is 0 Å². The molecule has 2 heterocycles. The van der Waals surface area contributed by atoms with Gasteiger partial charge in [0.25, 0.3) is 0 Å². The maximum atomic E-state index is 12.8. The number of halogens is 1. The van der Waals surface area contributed by atoms with Gasteiger partial charge in [-0.15, -0.1) is 0 Å². The zero-order chi connectivity index (χ0) is 16.2. The Bertz CT molecular complexity index is 526. The Labute approximate surface area is 147 Å². The van der Waals surface area contributed by atoms with Gasteiger partial charge in [-0.2, -0.15) is 0 Å². The number of piperidine rings is 1. The predicted octanol–water partition coefficient (Wildman–Crippen LogP) is 2.44. The lowest BCUT2D eigenvalue weighted by atomic mass is 9.95. The van der Waals surface area contributed by atoms with Gasteiger partial charge in [-0.25, -0.2) is 0 Å². The first kappa shape index (κ1) is 16.9. The van der Waals surface area contributed by atoms with E-state index in [1.165, 1.54) is 5.56 Å². The molecule has 1 atom stereocenters. The molecule has 1 aromatic rings. The van der Waals surface area contributed by atoms with E-state index in [1.54, 1.807) is 0 Å². The number of piperazine rings is 1. The smallest absolute Gasteiger partial charge is 0.227 e. The quantitative estimate of drug-likeness (QED) is 0.806. The monoisotopic (exact) mass is 379 g/mol. The first-order valence-electron chi connectivity index (χ1n) is 8.56. The molecule has 5 heteroatoms. The number of likely N-dealkylation sites (N-methyl/N-ethyl adjacent to an activating group) is 1. The van der Waals surface area contributed by atoms with Crippen molar-refractivity contribution in [2.24, 2.45) is 5.92 Å². The molecule has 0 aromatic heterocycles. The topological polar surface area (TPSA) is 26.8 Å². The summed E-state index contributed by atoms with van der Waals surface area (Å²) in [5.41, 5.74) is 1.32. The fourth-order valence-electron chi connectivity index (χ4n) is 3.53. The van der Waals surface area contributed by atoms with Crippen LogP contribution in [0.5, 0.6) is 0 Å². The lowest BCUT2D eigenvalue weighted by Crippen LogP contribution is -2.51. The van der Waals surface area contributed by atoms with Gasteiger partial charge in [0.15, 0.2) is 0 Å². The van der Waals surface area contributed by atoms with E-state index in [9.17, 15) is 4.79 Å². The van der Waals surface area contributed by atoms with Crippen LogP contribution in [0, 0.1) is 5.92 Å². The molecule has 126 valence electrons. The van der Waals surface area contributed by atoms with Crippen molar-refractivity contribution in [3.05, 3.63) is 34.3 Å². The van der Waals surface area contributed by atoms with Crippen molar-refractivity contribution in [3.8, 4) is 0 Å². The fraction of sp³-hybridized carbons (Fsp3) is 0.611. The second-order valence-corrected chi connectivity index (χ2v) is 7.74. The number of carbonyl (C=O) groups is 1. The largest absolute Gasteiger partial charge is 0.340 e. The van der Waals surface area contributed by atoms with Crippen LogP contribution in [-0.4, -0.2) is 66.9 Å². The average molecular weight is 380 g/mol. The molecule has 0 saturated carbocycles. The standard InChI is InChI=1S/C18H26BrN3O/c1-20-9-11-22(12-10-20)18(23)16-3-2-8-21(14-16)13-15-4-6-17(19)7-5-15/h4-7,16H,2-3,8-14H2,1H3. The summed E-state index contributed by atoms with van der Waals surface area (Å²) in [7, 11) is 2.13. The molecule has 0 radical (unpaired) electrons. The number of rotatable bonds is 3. The maximum absolute atomic E-state index is 12.8. The molecule has 1 unspecified atom stereocenters. The summed E-state index contributed by atoms with van der Waals surface area (Å²) in [6.45, 7) is 6.73. The van der Waals surface area contributed by atoms with Crippen LogP contribution in [0.15, 0.2) is 28.7 Å². The number of carbonyl (C=O) groups excluding carboxylic acids is 1. The van der Waals surface area contributed by atoms with Crippen molar-refractivity contribution in [2.45, 2.75) is 19.4 Å². The van der Waals surface area contributed by atoms with E-state index in [1.807, 2.05) is 0 Å². The first-order chi connectivity index (χ1) is 11.1. The molecular weight excluding hydrogens is 354 g/mol. The molecule has 2 aliphatic heterocycles. The highest BCUT2D eigenvalue weighted by atomic mass is 79.9. The summed E-state index contributed by atoms with van der Waals surface area (Å²) in [6.07, 6.45) is 2.17. The third kappa shape index (κ3) is 4.55. The second-order valence-electron chi connectivity index (χ2n) is 6.83. The van der Waals surface area contributed by atoms with Gasteiger partial charge in [-0.05, 0) is 44.1 Å². The van der Waals surface area contributed by atoms with Crippen molar-refractivity contribution in [3.63, 3.8) is 0 Å². The Morgan fingerprint density at radius 2 is 1.83 bits per heavy atom. The van der Waals surface area contributed by atoms with Crippen molar-refractivity contribution in [1.82, 2.24) is 14.7 Å². The second kappa shape index (κ2) is 7.77. The summed E-state index contributed by atoms with van der Waals surface area (Å²) in [5.74, 6) is 0.557. The van der Waals surface area contributed by atoms with E-state index in [0.29, 0.717) is 5.91 Å². The Morgan fingerprint density at radius 3 is 2.52 bits per heavy atom. The maximum Gasteiger partial charge on any atom is 0.227 e. The van der Waals surface area contributed by atoms with E-state index >= 15 is 0 Å². The number of nitrogens with zero attached hydrogens (tertiary/aromatic N) is 3. The molecule has 2 aliphatic rings. The molecule has 0 N–H and O–H groups in total. The third-order valence-electron chi connectivity index (χ3n) is 4.99. The fourth-order valence-corrected chi connectivity index (χ4v) is 3.80. The molecular formula is C18H26BrN3O. The van der Waals surface area contributed by atoms with Crippen LogP contribution in [0.25, 0.3) is 0 Å². The van der Waals surface area contributed by atoms with Gasteiger partial charge in [-0.3, -0.25) is 9.69 Å². The summed E-state index contributed by atoms with van der Waals surface area (Å²) >= 11 is 3.48. The molecule has 4 nitrogen and oxygen atoms in total. The molecule has 2 fully saturated rings. The van der Waals surface area contributed by atoms with E-state index in [0.717, 1.165) is 63.1 Å².